The molecule has 2 N–H and O–H groups in total. The highest BCUT2D eigenvalue weighted by Gasteiger charge is 2.10. The van der Waals surface area contributed by atoms with Gasteiger partial charge in [0.15, 0.2) is 0 Å². The van der Waals surface area contributed by atoms with Crippen LogP contribution >= 0.6 is 11.6 Å². The van der Waals surface area contributed by atoms with E-state index in [1.807, 2.05) is 0 Å². The number of carboxylic acids is 2. The summed E-state index contributed by atoms with van der Waals surface area (Å²) in [7, 11) is 0. The van der Waals surface area contributed by atoms with E-state index in [9.17, 15) is 9.59 Å². The number of carbonyl (C=O) groups is 2. The first kappa shape index (κ1) is 12.5. The lowest BCUT2D eigenvalue weighted by molar-refractivity contribution is -0.137. The molecule has 0 atom stereocenters. The van der Waals surface area contributed by atoms with E-state index in [2.05, 4.69) is 0 Å². The Bertz CT molecular complexity index is 414. The minimum absolute atomic E-state index is 0.0194. The van der Waals surface area contributed by atoms with E-state index >= 15 is 0 Å². The fourth-order valence-corrected chi connectivity index (χ4v) is 1.60. The van der Waals surface area contributed by atoms with Gasteiger partial charge in [0.05, 0.1) is 5.56 Å². The zero-order valence-electron chi connectivity index (χ0n) is 8.44. The third-order valence-electron chi connectivity index (χ3n) is 2.13. The summed E-state index contributed by atoms with van der Waals surface area (Å²) in [5.41, 5.74) is 0.746. The lowest BCUT2D eigenvalue weighted by atomic mass is 10.0. The van der Waals surface area contributed by atoms with Crippen LogP contribution in [0.25, 0.3) is 0 Å². The molecule has 0 heterocycles. The highest BCUT2D eigenvalue weighted by atomic mass is 35.5. The molecular formula is C11H11ClO4. The summed E-state index contributed by atoms with van der Waals surface area (Å²) in [5.74, 6) is -1.92. The van der Waals surface area contributed by atoms with Gasteiger partial charge in [0.2, 0.25) is 0 Å². The van der Waals surface area contributed by atoms with Gasteiger partial charge in [-0.2, -0.15) is 0 Å². The predicted molar refractivity (Wildman–Crippen MR) is 59.0 cm³/mol. The molecule has 1 aromatic rings. The molecule has 0 saturated heterocycles. The summed E-state index contributed by atoms with van der Waals surface area (Å²) in [4.78, 5) is 21.2. The average Bonchev–Trinajstić information content (AvgIpc) is 2.16. The molecule has 0 aliphatic heterocycles. The van der Waals surface area contributed by atoms with Crippen molar-refractivity contribution in [3.63, 3.8) is 0 Å². The summed E-state index contributed by atoms with van der Waals surface area (Å²) in [5, 5.41) is 17.8. The van der Waals surface area contributed by atoms with Crippen LogP contribution in [0, 0.1) is 0 Å². The van der Waals surface area contributed by atoms with Crippen LogP contribution in [0.15, 0.2) is 18.2 Å². The number of halogens is 1. The van der Waals surface area contributed by atoms with Crippen LogP contribution in [0.5, 0.6) is 0 Å². The van der Waals surface area contributed by atoms with Gasteiger partial charge in [0, 0.05) is 11.4 Å². The number of aromatic carboxylic acids is 1. The molecule has 1 rings (SSSR count). The molecule has 0 amide bonds. The molecule has 4 nitrogen and oxygen atoms in total. The highest BCUT2D eigenvalue weighted by Crippen LogP contribution is 2.18. The minimum atomic E-state index is -1.03. The topological polar surface area (TPSA) is 74.6 Å². The van der Waals surface area contributed by atoms with E-state index in [0.29, 0.717) is 23.4 Å². The first-order chi connectivity index (χ1) is 7.50. The van der Waals surface area contributed by atoms with Crippen molar-refractivity contribution in [2.24, 2.45) is 0 Å². The Hall–Kier alpha value is -1.55. The molecule has 0 unspecified atom stereocenters. The number of aliphatic carboxylic acids is 1. The van der Waals surface area contributed by atoms with Crippen molar-refractivity contribution < 1.29 is 19.8 Å². The summed E-state index contributed by atoms with van der Waals surface area (Å²) < 4.78 is 0. The second kappa shape index (κ2) is 5.51. The lowest BCUT2D eigenvalue weighted by Gasteiger charge is -2.05. The molecule has 0 aliphatic rings. The zero-order valence-corrected chi connectivity index (χ0v) is 9.20. The summed E-state index contributed by atoms with van der Waals surface area (Å²) in [6.07, 6.45) is 0.815. The van der Waals surface area contributed by atoms with Gasteiger partial charge in [-0.15, -0.1) is 0 Å². The van der Waals surface area contributed by atoms with Crippen LogP contribution in [-0.2, 0) is 11.2 Å². The summed E-state index contributed by atoms with van der Waals surface area (Å²) >= 11 is 5.75. The van der Waals surface area contributed by atoms with Crippen molar-refractivity contribution >= 4 is 23.5 Å². The normalized spacial score (nSPS) is 10.1. The maximum absolute atomic E-state index is 10.9. The van der Waals surface area contributed by atoms with Crippen LogP contribution in [0.1, 0.15) is 28.8 Å². The predicted octanol–water partition coefficient (Wildman–Crippen LogP) is 2.45. The number of carboxylic acid groups (broad SMARTS) is 2. The second-order valence-corrected chi connectivity index (χ2v) is 3.79. The second-order valence-electron chi connectivity index (χ2n) is 3.35. The standard InChI is InChI=1S/C11H11ClO4/c12-8-4-5-9(11(15)16)7(6-8)2-1-3-10(13)14/h4-6H,1-3H2,(H,13,14)(H,15,16). The third-order valence-corrected chi connectivity index (χ3v) is 2.37. The molecule has 0 aromatic heterocycles. The van der Waals surface area contributed by atoms with E-state index in [-0.39, 0.29) is 12.0 Å². The zero-order chi connectivity index (χ0) is 12.1. The van der Waals surface area contributed by atoms with Crippen LogP contribution in [0.4, 0.5) is 0 Å². The van der Waals surface area contributed by atoms with Gasteiger partial charge in [0.25, 0.3) is 0 Å². The monoisotopic (exact) mass is 242 g/mol. The summed E-state index contributed by atoms with van der Waals surface area (Å²) in [6.45, 7) is 0. The number of aryl methyl sites for hydroxylation is 1. The van der Waals surface area contributed by atoms with Crippen molar-refractivity contribution in [3.8, 4) is 0 Å². The molecule has 0 bridgehead atoms. The Labute approximate surface area is 97.5 Å². The van der Waals surface area contributed by atoms with Gasteiger partial charge in [-0.3, -0.25) is 4.79 Å². The molecule has 0 aliphatic carbocycles. The minimum Gasteiger partial charge on any atom is -0.481 e. The quantitative estimate of drug-likeness (QED) is 0.832. The van der Waals surface area contributed by atoms with Crippen molar-refractivity contribution in [2.75, 3.05) is 0 Å². The Balaban J connectivity index is 2.80. The molecule has 5 heteroatoms. The van der Waals surface area contributed by atoms with Gasteiger partial charge in [0.1, 0.15) is 0 Å². The largest absolute Gasteiger partial charge is 0.481 e. The number of rotatable bonds is 5. The van der Waals surface area contributed by atoms with Gasteiger partial charge in [-0.1, -0.05) is 11.6 Å². The maximum Gasteiger partial charge on any atom is 0.335 e. The van der Waals surface area contributed by atoms with Crippen molar-refractivity contribution in [1.82, 2.24) is 0 Å². The Morgan fingerprint density at radius 2 is 1.94 bits per heavy atom. The van der Waals surface area contributed by atoms with Gasteiger partial charge >= 0.3 is 11.9 Å². The molecule has 86 valence electrons. The SMILES string of the molecule is O=C(O)CCCc1cc(Cl)ccc1C(=O)O. The van der Waals surface area contributed by atoms with E-state index in [1.165, 1.54) is 12.1 Å². The van der Waals surface area contributed by atoms with Crippen LogP contribution < -0.4 is 0 Å². The van der Waals surface area contributed by atoms with Crippen LogP contribution in [0.2, 0.25) is 5.02 Å². The Morgan fingerprint density at radius 1 is 1.25 bits per heavy atom. The Morgan fingerprint density at radius 3 is 2.50 bits per heavy atom. The molecule has 1 aromatic carbocycles. The third kappa shape index (κ3) is 3.55. The van der Waals surface area contributed by atoms with Crippen molar-refractivity contribution in [1.29, 1.82) is 0 Å². The number of hydrogen-bond acceptors (Lipinski definition) is 2. The smallest absolute Gasteiger partial charge is 0.335 e. The van der Waals surface area contributed by atoms with Crippen molar-refractivity contribution in [3.05, 3.63) is 34.3 Å². The number of hydrogen-bond donors (Lipinski definition) is 2. The van der Waals surface area contributed by atoms with E-state index in [1.54, 1.807) is 6.07 Å². The van der Waals surface area contributed by atoms with Gasteiger partial charge < -0.3 is 10.2 Å². The highest BCUT2D eigenvalue weighted by molar-refractivity contribution is 6.30. The van der Waals surface area contributed by atoms with E-state index in [0.717, 1.165) is 0 Å². The Kier molecular flexibility index (Phi) is 4.31. The molecule has 0 radical (unpaired) electrons. The fourth-order valence-electron chi connectivity index (χ4n) is 1.41. The van der Waals surface area contributed by atoms with E-state index in [4.69, 9.17) is 21.8 Å². The molecular weight excluding hydrogens is 232 g/mol. The first-order valence-electron chi connectivity index (χ1n) is 4.74. The molecule has 16 heavy (non-hydrogen) atoms. The van der Waals surface area contributed by atoms with Crippen molar-refractivity contribution in [2.45, 2.75) is 19.3 Å². The van der Waals surface area contributed by atoms with Crippen LogP contribution in [-0.4, -0.2) is 22.2 Å². The molecule has 0 fully saturated rings. The fraction of sp³-hybridized carbons (Fsp3) is 0.273. The maximum atomic E-state index is 10.9. The molecule has 0 saturated carbocycles. The lowest BCUT2D eigenvalue weighted by Crippen LogP contribution is -2.03. The first-order valence-corrected chi connectivity index (χ1v) is 5.12. The van der Waals surface area contributed by atoms with Gasteiger partial charge in [-0.25, -0.2) is 4.79 Å². The summed E-state index contributed by atoms with van der Waals surface area (Å²) in [6, 6.07) is 4.50. The van der Waals surface area contributed by atoms with Gasteiger partial charge in [-0.05, 0) is 36.6 Å². The van der Waals surface area contributed by atoms with Crippen LogP contribution in [0.3, 0.4) is 0 Å². The number of benzene rings is 1. The van der Waals surface area contributed by atoms with E-state index < -0.39 is 11.9 Å². The average molecular weight is 243 g/mol. The molecule has 0 spiro atoms.